The number of hydrogen-bond donors (Lipinski definition) is 1. The number of carboxylic acid groups (broad SMARTS) is 1. The minimum atomic E-state index is -1.03. The minimum absolute atomic E-state index is 0. The van der Waals surface area contributed by atoms with E-state index in [-0.39, 0.29) is 47.6 Å². The number of carbonyl (C=O) groups is 1. The Morgan fingerprint density at radius 2 is 1.95 bits per heavy atom. The summed E-state index contributed by atoms with van der Waals surface area (Å²) in [6, 6.07) is 2.58. The molecule has 0 heterocycles. The Bertz CT molecular complexity index is 487. The van der Waals surface area contributed by atoms with E-state index >= 15 is 0 Å². The molecule has 1 aromatic carbocycles. The fourth-order valence-electron chi connectivity index (χ4n) is 2.87. The summed E-state index contributed by atoms with van der Waals surface area (Å²) in [5.41, 5.74) is 0.537. The molecule has 0 aliphatic heterocycles. The third-order valence-electron chi connectivity index (χ3n) is 3.96. The summed E-state index contributed by atoms with van der Waals surface area (Å²) >= 11 is 0. The zero-order valence-corrected chi connectivity index (χ0v) is 14.4. The molecule has 1 saturated carbocycles. The van der Waals surface area contributed by atoms with Gasteiger partial charge in [0.05, 0.1) is 0 Å². The van der Waals surface area contributed by atoms with Gasteiger partial charge in [0.1, 0.15) is 11.6 Å². The van der Waals surface area contributed by atoms with Gasteiger partial charge in [-0.05, 0) is 49.9 Å². The number of nitrogens with one attached hydrogen (secondary N) is 1. The zero-order chi connectivity index (χ0) is 14.7. The van der Waals surface area contributed by atoms with Gasteiger partial charge in [0.15, 0.2) is 0 Å². The molecular weight excluding hydrogens is 287 g/mol. The molecule has 6 heteroatoms. The van der Waals surface area contributed by atoms with Crippen LogP contribution in [0.15, 0.2) is 12.1 Å². The minimum Gasteiger partial charge on any atom is -0.550 e. The van der Waals surface area contributed by atoms with Gasteiger partial charge in [-0.1, -0.05) is 6.42 Å². The Balaban J connectivity index is 0.00000220. The predicted molar refractivity (Wildman–Crippen MR) is 68.6 cm³/mol. The molecule has 1 aliphatic carbocycles. The molecule has 0 radical (unpaired) electrons. The van der Waals surface area contributed by atoms with E-state index in [0.29, 0.717) is 18.5 Å². The van der Waals surface area contributed by atoms with Gasteiger partial charge in [-0.3, -0.25) is 0 Å². The van der Waals surface area contributed by atoms with Gasteiger partial charge in [0.2, 0.25) is 0 Å². The summed E-state index contributed by atoms with van der Waals surface area (Å²) < 4.78 is 27.3. The van der Waals surface area contributed by atoms with Crippen LogP contribution in [-0.2, 0) is 11.3 Å². The molecule has 0 aromatic heterocycles. The number of halogens is 2. The van der Waals surface area contributed by atoms with E-state index in [1.165, 1.54) is 12.1 Å². The van der Waals surface area contributed by atoms with Crippen LogP contribution in [0.5, 0.6) is 0 Å². The van der Waals surface area contributed by atoms with Gasteiger partial charge in [-0.15, -0.1) is 0 Å². The number of benzene rings is 1. The quantitative estimate of drug-likeness (QED) is 0.676. The normalized spacial score (nSPS) is 21.1. The fraction of sp³-hybridized carbons (Fsp3) is 0.533. The third kappa shape index (κ3) is 4.74. The SMILES string of the molecule is Cc1cc(F)c(CNC[C@H]2CCC[C@H]2C(=O)[O-])c(F)c1.[Na+]. The smallest absolute Gasteiger partial charge is 0.550 e. The summed E-state index contributed by atoms with van der Waals surface area (Å²) in [5, 5.41) is 13.9. The van der Waals surface area contributed by atoms with Crippen molar-refractivity contribution in [2.75, 3.05) is 6.54 Å². The zero-order valence-electron chi connectivity index (χ0n) is 12.4. The maximum atomic E-state index is 13.6. The summed E-state index contributed by atoms with van der Waals surface area (Å²) in [7, 11) is 0. The Morgan fingerprint density at radius 1 is 1.33 bits per heavy atom. The largest absolute Gasteiger partial charge is 1.00 e. The van der Waals surface area contributed by atoms with Crippen LogP contribution in [0.25, 0.3) is 0 Å². The Hall–Kier alpha value is -0.490. The Morgan fingerprint density at radius 3 is 2.52 bits per heavy atom. The maximum Gasteiger partial charge on any atom is 1.00 e. The van der Waals surface area contributed by atoms with E-state index in [4.69, 9.17) is 0 Å². The number of aryl methyl sites for hydroxylation is 1. The average molecular weight is 305 g/mol. The molecule has 21 heavy (non-hydrogen) atoms. The van der Waals surface area contributed by atoms with Crippen LogP contribution in [0.1, 0.15) is 30.4 Å². The molecule has 1 N–H and O–H groups in total. The number of aliphatic carboxylic acids is 1. The van der Waals surface area contributed by atoms with Crippen LogP contribution in [0.4, 0.5) is 8.78 Å². The Labute approximate surface area is 145 Å². The first-order chi connectivity index (χ1) is 9.49. The molecule has 0 bridgehead atoms. The number of hydrogen-bond acceptors (Lipinski definition) is 3. The first-order valence-corrected chi connectivity index (χ1v) is 6.85. The number of rotatable bonds is 5. The second-order valence-corrected chi connectivity index (χ2v) is 5.45. The van der Waals surface area contributed by atoms with Crippen LogP contribution in [0.3, 0.4) is 0 Å². The van der Waals surface area contributed by atoms with Gasteiger partial charge in [0, 0.05) is 24.0 Å². The molecule has 0 saturated heterocycles. The topological polar surface area (TPSA) is 52.2 Å². The van der Waals surface area contributed by atoms with E-state index in [1.807, 2.05) is 0 Å². The van der Waals surface area contributed by atoms with Crippen molar-refractivity contribution in [3.05, 3.63) is 34.9 Å². The molecule has 0 amide bonds. The summed E-state index contributed by atoms with van der Waals surface area (Å²) in [5.74, 6) is -2.63. The van der Waals surface area contributed by atoms with Gasteiger partial charge >= 0.3 is 29.6 Å². The van der Waals surface area contributed by atoms with E-state index in [9.17, 15) is 18.7 Å². The number of carboxylic acids is 1. The monoisotopic (exact) mass is 305 g/mol. The van der Waals surface area contributed by atoms with Crippen molar-refractivity contribution in [2.45, 2.75) is 32.7 Å². The first kappa shape index (κ1) is 18.6. The van der Waals surface area contributed by atoms with Gasteiger partial charge in [0.25, 0.3) is 0 Å². The number of carbonyl (C=O) groups excluding carboxylic acids is 1. The second kappa shape index (κ2) is 8.22. The molecule has 2 atom stereocenters. The standard InChI is InChI=1S/C15H19F2NO2.Na/c1-9-5-13(16)12(14(17)6-9)8-18-7-10-3-2-4-11(10)15(19)20;/h5-6,10-11,18H,2-4,7-8H2,1H3,(H,19,20);/q;+1/p-1/t10-,11-;/m1./s1. The maximum absolute atomic E-state index is 13.6. The molecule has 0 spiro atoms. The molecule has 2 rings (SSSR count). The second-order valence-electron chi connectivity index (χ2n) is 5.45. The van der Waals surface area contributed by atoms with Crippen LogP contribution < -0.4 is 40.0 Å². The van der Waals surface area contributed by atoms with Crippen LogP contribution in [0, 0.1) is 30.4 Å². The molecule has 1 aliphatic rings. The molecule has 1 aromatic rings. The molecule has 3 nitrogen and oxygen atoms in total. The van der Waals surface area contributed by atoms with E-state index < -0.39 is 23.5 Å². The van der Waals surface area contributed by atoms with E-state index in [0.717, 1.165) is 12.8 Å². The molecule has 0 unspecified atom stereocenters. The van der Waals surface area contributed by atoms with Crippen molar-refractivity contribution in [2.24, 2.45) is 11.8 Å². The van der Waals surface area contributed by atoms with Crippen molar-refractivity contribution < 1.29 is 48.2 Å². The summed E-state index contributed by atoms with van der Waals surface area (Å²) in [4.78, 5) is 10.9. The van der Waals surface area contributed by atoms with Crippen LogP contribution in [0.2, 0.25) is 0 Å². The van der Waals surface area contributed by atoms with Crippen LogP contribution in [-0.4, -0.2) is 12.5 Å². The van der Waals surface area contributed by atoms with Gasteiger partial charge < -0.3 is 15.2 Å². The molecular formula is C15H18F2NNaO2. The van der Waals surface area contributed by atoms with Crippen molar-refractivity contribution >= 4 is 5.97 Å². The average Bonchev–Trinajstić information content (AvgIpc) is 2.80. The van der Waals surface area contributed by atoms with E-state index in [1.54, 1.807) is 6.92 Å². The molecule has 1 fully saturated rings. The van der Waals surface area contributed by atoms with Gasteiger partial charge in [-0.25, -0.2) is 8.78 Å². The van der Waals surface area contributed by atoms with Crippen molar-refractivity contribution in [1.29, 1.82) is 0 Å². The van der Waals surface area contributed by atoms with Gasteiger partial charge in [-0.2, -0.15) is 0 Å². The summed E-state index contributed by atoms with van der Waals surface area (Å²) in [6.45, 7) is 2.13. The van der Waals surface area contributed by atoms with E-state index in [2.05, 4.69) is 5.32 Å². The van der Waals surface area contributed by atoms with Crippen molar-refractivity contribution in [3.63, 3.8) is 0 Å². The predicted octanol–water partition coefficient (Wildman–Crippen LogP) is -1.47. The third-order valence-corrected chi connectivity index (χ3v) is 3.96. The first-order valence-electron chi connectivity index (χ1n) is 6.85. The van der Waals surface area contributed by atoms with Crippen LogP contribution >= 0.6 is 0 Å². The van der Waals surface area contributed by atoms with Crippen molar-refractivity contribution in [1.82, 2.24) is 5.32 Å². The molecule has 110 valence electrons. The Kier molecular flexibility index (Phi) is 7.27. The fourth-order valence-corrected chi connectivity index (χ4v) is 2.87. The van der Waals surface area contributed by atoms with Crippen molar-refractivity contribution in [3.8, 4) is 0 Å². The summed E-state index contributed by atoms with van der Waals surface area (Å²) in [6.07, 6.45) is 2.30.